The van der Waals surface area contributed by atoms with Crippen molar-refractivity contribution in [2.24, 2.45) is 11.8 Å². The number of carbonyl (C=O) groups excluding carboxylic acids is 1. The van der Waals surface area contributed by atoms with Crippen molar-refractivity contribution in [3.63, 3.8) is 0 Å². The Morgan fingerprint density at radius 2 is 1.97 bits per heavy atom. The zero-order valence-electron chi connectivity index (χ0n) is 17.9. The normalized spacial score (nSPS) is 19.4. The average Bonchev–Trinajstić information content (AvgIpc) is 2.72. The molecular weight excluding hydrogens is 553 g/mol. The van der Waals surface area contributed by atoms with Crippen molar-refractivity contribution in [2.75, 3.05) is 29.9 Å². The summed E-state index contributed by atoms with van der Waals surface area (Å²) in [7, 11) is -2.68. The van der Waals surface area contributed by atoms with Gasteiger partial charge in [0.05, 0.1) is 10.6 Å². The second-order valence-corrected chi connectivity index (χ2v) is 11.2. The quantitative estimate of drug-likeness (QED) is 0.391. The van der Waals surface area contributed by atoms with Crippen LogP contribution in [-0.4, -0.2) is 34.6 Å². The van der Waals surface area contributed by atoms with E-state index in [9.17, 15) is 22.0 Å². The molecule has 1 fully saturated rings. The lowest BCUT2D eigenvalue weighted by Crippen LogP contribution is -2.35. The number of sulfonamides is 1. The van der Waals surface area contributed by atoms with Crippen LogP contribution in [0.4, 0.5) is 20.2 Å². The fourth-order valence-corrected chi connectivity index (χ4v) is 5.41. The van der Waals surface area contributed by atoms with Gasteiger partial charge in [0.1, 0.15) is 0 Å². The van der Waals surface area contributed by atoms with Crippen molar-refractivity contribution in [3.8, 4) is 0 Å². The summed E-state index contributed by atoms with van der Waals surface area (Å²) in [5.41, 5.74) is 0.781. The molecule has 1 saturated heterocycles. The number of carbonyl (C=O) groups is 1. The molecule has 2 atom stereocenters. The van der Waals surface area contributed by atoms with Crippen LogP contribution in [0.3, 0.4) is 0 Å². The average molecular weight is 578 g/mol. The zero-order chi connectivity index (χ0) is 23.7. The van der Waals surface area contributed by atoms with Crippen LogP contribution in [-0.2, 0) is 23.5 Å². The second-order valence-electron chi connectivity index (χ2n) is 7.94. The van der Waals surface area contributed by atoms with E-state index in [0.29, 0.717) is 30.9 Å². The Bertz CT molecular complexity index is 1110. The molecule has 0 aliphatic carbocycles. The van der Waals surface area contributed by atoms with Crippen LogP contribution < -0.4 is 9.62 Å². The first-order valence-electron chi connectivity index (χ1n) is 10.1. The van der Waals surface area contributed by atoms with Crippen LogP contribution in [0, 0.1) is 18.8 Å². The lowest BCUT2D eigenvalue weighted by Gasteiger charge is -2.28. The van der Waals surface area contributed by atoms with Crippen molar-refractivity contribution in [2.45, 2.75) is 29.1 Å². The molecule has 0 bridgehead atoms. The maximum atomic E-state index is 13.7. The van der Waals surface area contributed by atoms with E-state index in [4.69, 9.17) is 4.74 Å². The Morgan fingerprint density at radius 1 is 1.25 bits per heavy atom. The number of ether oxygens (including phenoxy) is 1. The van der Waals surface area contributed by atoms with Gasteiger partial charge in [-0.1, -0.05) is 19.1 Å². The molecule has 1 aliphatic rings. The predicted molar refractivity (Wildman–Crippen MR) is 128 cm³/mol. The van der Waals surface area contributed by atoms with Gasteiger partial charge in [-0.15, -0.1) is 0 Å². The van der Waals surface area contributed by atoms with E-state index in [0.717, 1.165) is 33.0 Å². The monoisotopic (exact) mass is 578 g/mol. The van der Waals surface area contributed by atoms with Crippen LogP contribution in [0.5, 0.6) is 0 Å². The number of rotatable bonds is 6. The third kappa shape index (κ3) is 5.40. The van der Waals surface area contributed by atoms with E-state index in [-0.39, 0.29) is 33.9 Å². The van der Waals surface area contributed by atoms with Crippen molar-refractivity contribution in [3.05, 3.63) is 53.6 Å². The van der Waals surface area contributed by atoms with Gasteiger partial charge in [0, 0.05) is 60.0 Å². The van der Waals surface area contributed by atoms with Gasteiger partial charge >= 0.3 is 3.93 Å². The van der Waals surface area contributed by atoms with Gasteiger partial charge < -0.3 is 10.1 Å². The maximum Gasteiger partial charge on any atom is 0.321 e. The van der Waals surface area contributed by atoms with E-state index in [1.807, 2.05) is 6.92 Å². The van der Waals surface area contributed by atoms with Gasteiger partial charge in [-0.25, -0.2) is 8.42 Å². The minimum absolute atomic E-state index is 0.0315. The number of nitrogens with zero attached hydrogens (tertiary/aromatic N) is 1. The summed E-state index contributed by atoms with van der Waals surface area (Å²) in [5, 5.41) is 2.86. The molecule has 0 saturated carbocycles. The molecule has 6 nitrogen and oxygen atoms in total. The smallest absolute Gasteiger partial charge is 0.321 e. The first-order valence-corrected chi connectivity index (χ1v) is 12.6. The molecule has 32 heavy (non-hydrogen) atoms. The standard InChI is InChI=1S/C22H25F2IN2O4S/c1-14-11-17(26-21(28)19-9-10-31-13-15(19)2)7-8-20(14)32(29,30)27(3)18-6-4-5-16(12-18)22(23,24)25/h4-8,11-12,15,19H,9-10,13H2,1-3H3,(H,26,28)/t15-,19+/m1/s1. The third-order valence-electron chi connectivity index (χ3n) is 5.60. The molecule has 0 aromatic heterocycles. The number of nitrogens with one attached hydrogen (secondary N) is 1. The number of hydrogen-bond acceptors (Lipinski definition) is 4. The summed E-state index contributed by atoms with van der Waals surface area (Å²) in [5.74, 6) is -0.185. The van der Waals surface area contributed by atoms with Crippen molar-refractivity contribution in [1.29, 1.82) is 0 Å². The van der Waals surface area contributed by atoms with Gasteiger partial charge in [-0.3, -0.25) is 9.10 Å². The van der Waals surface area contributed by atoms with Gasteiger partial charge in [0.15, 0.2) is 0 Å². The molecule has 1 amide bonds. The summed E-state index contributed by atoms with van der Waals surface area (Å²) >= 11 is 1.01. The Kier molecular flexibility index (Phi) is 7.45. The Labute approximate surface area is 200 Å². The van der Waals surface area contributed by atoms with Crippen LogP contribution in [0.2, 0.25) is 0 Å². The van der Waals surface area contributed by atoms with Crippen molar-refractivity contribution >= 4 is 49.9 Å². The van der Waals surface area contributed by atoms with Gasteiger partial charge in [-0.05, 0) is 55.2 Å². The van der Waals surface area contributed by atoms with Crippen LogP contribution in [0.15, 0.2) is 47.4 Å². The topological polar surface area (TPSA) is 75.7 Å². The van der Waals surface area contributed by atoms with E-state index in [1.165, 1.54) is 37.4 Å². The van der Waals surface area contributed by atoms with Crippen LogP contribution in [0.25, 0.3) is 0 Å². The number of alkyl halides is 3. The molecule has 2 aromatic carbocycles. The molecular formula is C22H25F2IN2O4S. The second kappa shape index (κ2) is 9.60. The summed E-state index contributed by atoms with van der Waals surface area (Å²) in [6, 6.07) is 9.81. The number of amides is 1. The fourth-order valence-electron chi connectivity index (χ4n) is 3.69. The molecule has 2 aromatic rings. The first kappa shape index (κ1) is 24.8. The van der Waals surface area contributed by atoms with Crippen LogP contribution >= 0.6 is 22.6 Å². The van der Waals surface area contributed by atoms with Crippen LogP contribution in [0.1, 0.15) is 24.5 Å². The van der Waals surface area contributed by atoms with Gasteiger partial charge in [-0.2, -0.15) is 8.78 Å². The summed E-state index contributed by atoms with van der Waals surface area (Å²) < 4.78 is 56.9. The summed E-state index contributed by atoms with van der Waals surface area (Å²) in [6.45, 7) is 4.66. The highest BCUT2D eigenvalue weighted by Gasteiger charge is 2.30. The van der Waals surface area contributed by atoms with Gasteiger partial charge in [0.2, 0.25) is 5.91 Å². The molecule has 0 unspecified atom stereocenters. The highest BCUT2D eigenvalue weighted by molar-refractivity contribution is 14.1. The Hall–Kier alpha value is -1.79. The fraction of sp³-hybridized carbons (Fsp3) is 0.409. The summed E-state index contributed by atoms with van der Waals surface area (Å²) in [4.78, 5) is 12.7. The molecule has 1 heterocycles. The SMILES string of the molecule is Cc1cc(NC(=O)[C@H]2CCOC[C@H]2C)ccc1S(=O)(=O)N(C)c1cccc(C(F)(F)I)c1. The number of halogens is 3. The van der Waals surface area contributed by atoms with E-state index < -0.39 is 14.0 Å². The largest absolute Gasteiger partial charge is 0.381 e. The highest BCUT2D eigenvalue weighted by Crippen LogP contribution is 2.37. The zero-order valence-corrected chi connectivity index (χ0v) is 20.9. The molecule has 174 valence electrons. The van der Waals surface area contributed by atoms with E-state index in [1.54, 1.807) is 13.0 Å². The van der Waals surface area contributed by atoms with Gasteiger partial charge in [0.25, 0.3) is 10.0 Å². The molecule has 10 heteroatoms. The molecule has 3 rings (SSSR count). The van der Waals surface area contributed by atoms with Crippen molar-refractivity contribution < 1.29 is 26.7 Å². The number of anilines is 2. The third-order valence-corrected chi connectivity index (χ3v) is 8.16. The highest BCUT2D eigenvalue weighted by atomic mass is 127. The van der Waals surface area contributed by atoms with E-state index in [2.05, 4.69) is 5.32 Å². The molecule has 0 radical (unpaired) electrons. The number of hydrogen-bond donors (Lipinski definition) is 1. The number of aryl methyl sites for hydroxylation is 1. The minimum atomic E-state index is -4.00. The minimum Gasteiger partial charge on any atom is -0.381 e. The lowest BCUT2D eigenvalue weighted by atomic mass is 9.89. The summed E-state index contributed by atoms with van der Waals surface area (Å²) in [6.07, 6.45) is 0.637. The van der Waals surface area contributed by atoms with Crippen molar-refractivity contribution in [1.82, 2.24) is 0 Å². The Balaban J connectivity index is 1.82. The molecule has 0 spiro atoms. The Morgan fingerprint density at radius 3 is 2.59 bits per heavy atom. The van der Waals surface area contributed by atoms with E-state index >= 15 is 0 Å². The lowest BCUT2D eigenvalue weighted by molar-refractivity contribution is -0.125. The predicted octanol–water partition coefficient (Wildman–Crippen LogP) is 4.92. The first-order chi connectivity index (χ1) is 14.9. The molecule has 1 aliphatic heterocycles. The number of benzene rings is 2. The maximum absolute atomic E-state index is 13.7. The molecule has 1 N–H and O–H groups in total.